The van der Waals surface area contributed by atoms with Gasteiger partial charge in [0, 0.05) is 12.7 Å². The van der Waals surface area contributed by atoms with Crippen molar-refractivity contribution in [1.29, 1.82) is 0 Å². The van der Waals surface area contributed by atoms with Gasteiger partial charge in [-0.25, -0.2) is 9.48 Å². The molecule has 0 saturated carbocycles. The van der Waals surface area contributed by atoms with Crippen LogP contribution in [0.3, 0.4) is 0 Å². The van der Waals surface area contributed by atoms with Crippen LogP contribution in [0.1, 0.15) is 49.6 Å². The minimum Gasteiger partial charge on any atom is -0.425 e. The van der Waals surface area contributed by atoms with Gasteiger partial charge < -0.3 is 10.5 Å². The molecule has 4 rings (SSSR count). The molecule has 1 atom stereocenters. The predicted molar refractivity (Wildman–Crippen MR) is 126 cm³/mol. The summed E-state index contributed by atoms with van der Waals surface area (Å²) in [5.74, 6) is 0.675. The van der Waals surface area contributed by atoms with Crippen LogP contribution in [0.4, 0.5) is 0 Å². The maximum absolute atomic E-state index is 12.2. The van der Waals surface area contributed by atoms with E-state index in [4.69, 9.17) is 10.5 Å². The van der Waals surface area contributed by atoms with Crippen molar-refractivity contribution in [1.82, 2.24) is 24.9 Å². The van der Waals surface area contributed by atoms with Gasteiger partial charge >= 0.3 is 5.97 Å². The molecule has 2 N–H and O–H groups in total. The van der Waals surface area contributed by atoms with Gasteiger partial charge in [0.1, 0.15) is 11.8 Å². The molecule has 1 aliphatic rings. The summed E-state index contributed by atoms with van der Waals surface area (Å²) in [6.07, 6.45) is 5.88. The number of pyridine rings is 1. The molecule has 33 heavy (non-hydrogen) atoms. The number of rotatable bonds is 8. The Labute approximate surface area is 194 Å². The Morgan fingerprint density at radius 1 is 1.12 bits per heavy atom. The SMILES string of the molecule is CC(C)C(N)C(=O)Oc1cccc(C2CCN(Cc3cn(Cc4ccccn4)nn3)CC2)c1. The van der Waals surface area contributed by atoms with Crippen molar-refractivity contribution < 1.29 is 9.53 Å². The van der Waals surface area contributed by atoms with E-state index in [1.54, 1.807) is 6.20 Å². The van der Waals surface area contributed by atoms with Crippen molar-refractivity contribution in [2.45, 2.75) is 51.7 Å². The fourth-order valence-electron chi connectivity index (χ4n) is 4.09. The summed E-state index contributed by atoms with van der Waals surface area (Å²) in [5.41, 5.74) is 9.06. The number of piperidine rings is 1. The minimum absolute atomic E-state index is 0.0432. The maximum Gasteiger partial charge on any atom is 0.328 e. The molecule has 8 nitrogen and oxygen atoms in total. The van der Waals surface area contributed by atoms with Crippen LogP contribution in [0.5, 0.6) is 5.75 Å². The van der Waals surface area contributed by atoms with Crippen LogP contribution in [0, 0.1) is 5.92 Å². The van der Waals surface area contributed by atoms with E-state index < -0.39 is 6.04 Å². The van der Waals surface area contributed by atoms with Crippen molar-refractivity contribution in [3.05, 3.63) is 71.8 Å². The molecule has 3 heterocycles. The topological polar surface area (TPSA) is 99.2 Å². The molecule has 0 amide bonds. The van der Waals surface area contributed by atoms with Gasteiger partial charge in [-0.1, -0.05) is 37.3 Å². The van der Waals surface area contributed by atoms with Gasteiger partial charge in [-0.05, 0) is 67.6 Å². The van der Waals surface area contributed by atoms with E-state index >= 15 is 0 Å². The highest BCUT2D eigenvalue weighted by Crippen LogP contribution is 2.30. The van der Waals surface area contributed by atoms with Crippen molar-refractivity contribution >= 4 is 5.97 Å². The minimum atomic E-state index is -0.612. The fourth-order valence-corrected chi connectivity index (χ4v) is 4.09. The molecule has 1 unspecified atom stereocenters. The second kappa shape index (κ2) is 10.7. The molecule has 0 bridgehead atoms. The lowest BCUT2D eigenvalue weighted by Crippen LogP contribution is -2.38. The molecule has 0 spiro atoms. The van der Waals surface area contributed by atoms with Crippen LogP contribution in [-0.2, 0) is 17.9 Å². The zero-order valence-corrected chi connectivity index (χ0v) is 19.3. The van der Waals surface area contributed by atoms with E-state index in [0.29, 0.717) is 18.2 Å². The first-order valence-electron chi connectivity index (χ1n) is 11.6. The van der Waals surface area contributed by atoms with E-state index in [2.05, 4.69) is 26.3 Å². The van der Waals surface area contributed by atoms with Crippen molar-refractivity contribution in [2.24, 2.45) is 11.7 Å². The Bertz CT molecular complexity index is 1040. The first-order chi connectivity index (χ1) is 16.0. The number of hydrogen-bond acceptors (Lipinski definition) is 7. The molecule has 2 aromatic heterocycles. The molecule has 3 aromatic rings. The number of benzene rings is 1. The smallest absolute Gasteiger partial charge is 0.328 e. The highest BCUT2D eigenvalue weighted by atomic mass is 16.5. The standard InChI is InChI=1S/C25H32N6O2/c1-18(2)24(26)25(32)33-23-8-5-6-20(14-23)19-9-12-30(13-10-19)15-22-17-31(29-28-22)16-21-7-3-4-11-27-21/h3-8,11,14,17-19,24H,9-10,12-13,15-16,26H2,1-2H3. The number of carbonyl (C=O) groups excluding carboxylic acids is 1. The number of esters is 1. The zero-order valence-electron chi connectivity index (χ0n) is 19.3. The van der Waals surface area contributed by atoms with E-state index in [-0.39, 0.29) is 11.9 Å². The zero-order chi connectivity index (χ0) is 23.2. The predicted octanol–water partition coefficient (Wildman–Crippen LogP) is 2.99. The van der Waals surface area contributed by atoms with Gasteiger partial charge in [-0.2, -0.15) is 0 Å². The van der Waals surface area contributed by atoms with Gasteiger partial charge in [-0.3, -0.25) is 9.88 Å². The molecule has 8 heteroatoms. The molecule has 1 aliphatic heterocycles. The number of hydrogen-bond donors (Lipinski definition) is 1. The number of carbonyl (C=O) groups is 1. The molecule has 174 valence electrons. The first-order valence-corrected chi connectivity index (χ1v) is 11.6. The van der Waals surface area contributed by atoms with Crippen LogP contribution in [-0.4, -0.2) is 50.0 Å². The summed E-state index contributed by atoms with van der Waals surface area (Å²) in [7, 11) is 0. The molecule has 0 radical (unpaired) electrons. The lowest BCUT2D eigenvalue weighted by Gasteiger charge is -2.31. The third kappa shape index (κ3) is 6.24. The summed E-state index contributed by atoms with van der Waals surface area (Å²) in [5, 5.41) is 8.58. The number of likely N-dealkylation sites (tertiary alicyclic amines) is 1. The lowest BCUT2D eigenvalue weighted by molar-refractivity contribution is -0.136. The van der Waals surface area contributed by atoms with Gasteiger partial charge in [0.25, 0.3) is 0 Å². The van der Waals surface area contributed by atoms with E-state index in [1.165, 1.54) is 5.56 Å². The van der Waals surface area contributed by atoms with Gasteiger partial charge in [0.15, 0.2) is 0 Å². The quantitative estimate of drug-likeness (QED) is 0.418. The Morgan fingerprint density at radius 3 is 2.67 bits per heavy atom. The number of nitrogens with two attached hydrogens (primary N) is 1. The molecule has 0 aliphatic carbocycles. The average molecular weight is 449 g/mol. The second-order valence-electron chi connectivity index (χ2n) is 9.04. The number of nitrogens with zero attached hydrogens (tertiary/aromatic N) is 5. The maximum atomic E-state index is 12.2. The van der Waals surface area contributed by atoms with Gasteiger partial charge in [-0.15, -0.1) is 5.10 Å². The van der Waals surface area contributed by atoms with E-state index in [0.717, 1.165) is 43.9 Å². The lowest BCUT2D eigenvalue weighted by atomic mass is 9.89. The second-order valence-corrected chi connectivity index (χ2v) is 9.04. The van der Waals surface area contributed by atoms with Crippen LogP contribution in [0.2, 0.25) is 0 Å². The Morgan fingerprint density at radius 2 is 1.94 bits per heavy atom. The van der Waals surface area contributed by atoms with Crippen LogP contribution in [0.15, 0.2) is 54.9 Å². The van der Waals surface area contributed by atoms with Crippen molar-refractivity contribution in [2.75, 3.05) is 13.1 Å². The van der Waals surface area contributed by atoms with Gasteiger partial charge in [0.05, 0.1) is 24.1 Å². The number of ether oxygens (including phenoxy) is 1. The first kappa shape index (κ1) is 23.1. The Hall–Kier alpha value is -3.10. The monoisotopic (exact) mass is 448 g/mol. The fraction of sp³-hybridized carbons (Fsp3) is 0.440. The third-order valence-electron chi connectivity index (χ3n) is 6.15. The Balaban J connectivity index is 1.28. The average Bonchev–Trinajstić information content (AvgIpc) is 3.26. The summed E-state index contributed by atoms with van der Waals surface area (Å²) >= 11 is 0. The summed E-state index contributed by atoms with van der Waals surface area (Å²) in [6.45, 7) is 7.22. The molecular weight excluding hydrogens is 416 g/mol. The van der Waals surface area contributed by atoms with Crippen LogP contribution >= 0.6 is 0 Å². The van der Waals surface area contributed by atoms with Crippen molar-refractivity contribution in [3.8, 4) is 5.75 Å². The number of aromatic nitrogens is 4. The van der Waals surface area contributed by atoms with E-state index in [9.17, 15) is 4.79 Å². The third-order valence-corrected chi connectivity index (χ3v) is 6.15. The molecule has 1 saturated heterocycles. The normalized spacial score (nSPS) is 16.1. The summed E-state index contributed by atoms with van der Waals surface area (Å²) in [6, 6.07) is 13.1. The van der Waals surface area contributed by atoms with E-state index in [1.807, 2.05) is 61.1 Å². The molecule has 1 fully saturated rings. The summed E-state index contributed by atoms with van der Waals surface area (Å²) < 4.78 is 7.35. The molecule has 1 aromatic carbocycles. The molecular formula is C25H32N6O2. The highest BCUT2D eigenvalue weighted by molar-refractivity contribution is 5.78. The highest BCUT2D eigenvalue weighted by Gasteiger charge is 2.23. The van der Waals surface area contributed by atoms with Crippen LogP contribution < -0.4 is 10.5 Å². The van der Waals surface area contributed by atoms with Crippen LogP contribution in [0.25, 0.3) is 0 Å². The van der Waals surface area contributed by atoms with Gasteiger partial charge in [0.2, 0.25) is 0 Å². The van der Waals surface area contributed by atoms with Crippen molar-refractivity contribution in [3.63, 3.8) is 0 Å². The Kier molecular flexibility index (Phi) is 7.47. The summed E-state index contributed by atoms with van der Waals surface area (Å²) in [4.78, 5) is 18.9. The largest absolute Gasteiger partial charge is 0.425 e.